The quantitative estimate of drug-likeness (QED) is 0.414. The van der Waals surface area contributed by atoms with Gasteiger partial charge < -0.3 is 10.1 Å². The summed E-state index contributed by atoms with van der Waals surface area (Å²) in [7, 11) is 1.17. The van der Waals surface area contributed by atoms with Crippen LogP contribution in [0.2, 0.25) is 0 Å². The van der Waals surface area contributed by atoms with Crippen LogP contribution < -0.4 is 5.32 Å². The zero-order chi connectivity index (χ0) is 11.0. The second-order valence-corrected chi connectivity index (χ2v) is 3.04. The molecule has 6 heteroatoms. The van der Waals surface area contributed by atoms with E-state index < -0.39 is 23.7 Å². The molecule has 2 heterocycles. The van der Waals surface area contributed by atoms with Gasteiger partial charge in [-0.05, 0) is 6.07 Å². The van der Waals surface area contributed by atoms with Gasteiger partial charge in [-0.25, -0.2) is 4.98 Å². The minimum atomic E-state index is -1.09. The number of hydrogen-bond acceptors (Lipinski definition) is 4. The molecule has 1 amide bonds. The summed E-state index contributed by atoms with van der Waals surface area (Å²) in [5.74, 6) is -3.07. The van der Waals surface area contributed by atoms with E-state index in [9.17, 15) is 14.0 Å². The Morgan fingerprint density at radius 2 is 2.40 bits per heavy atom. The predicted molar refractivity (Wildman–Crippen MR) is 47.6 cm³/mol. The minimum absolute atomic E-state index is 0.263. The summed E-state index contributed by atoms with van der Waals surface area (Å²) in [5.41, 5.74) is 0.608. The first-order valence-corrected chi connectivity index (χ1v) is 4.17. The molecule has 0 saturated carbocycles. The van der Waals surface area contributed by atoms with Crippen LogP contribution in [0.5, 0.6) is 0 Å². The molecule has 78 valence electrons. The van der Waals surface area contributed by atoms with Crippen molar-refractivity contribution in [1.29, 1.82) is 0 Å². The van der Waals surface area contributed by atoms with Crippen molar-refractivity contribution in [3.63, 3.8) is 0 Å². The summed E-state index contributed by atoms with van der Waals surface area (Å²) < 4.78 is 17.3. The largest absolute Gasteiger partial charge is 0.468 e. The third kappa shape index (κ3) is 1.43. The van der Waals surface area contributed by atoms with Gasteiger partial charge in [0.2, 0.25) is 11.9 Å². The van der Waals surface area contributed by atoms with Crippen molar-refractivity contribution in [1.82, 2.24) is 4.98 Å². The monoisotopic (exact) mass is 210 g/mol. The Bertz CT molecular complexity index is 439. The molecule has 0 saturated heterocycles. The van der Waals surface area contributed by atoms with Gasteiger partial charge in [0.15, 0.2) is 5.92 Å². The Morgan fingerprint density at radius 3 is 3.07 bits per heavy atom. The van der Waals surface area contributed by atoms with Crippen LogP contribution in [0.4, 0.5) is 10.1 Å². The number of hydrogen-bond donors (Lipinski definition) is 1. The zero-order valence-electron chi connectivity index (χ0n) is 7.78. The molecule has 2 rings (SSSR count). The number of anilines is 1. The Morgan fingerprint density at radius 1 is 1.67 bits per heavy atom. The molecule has 1 aromatic rings. The molecule has 0 bridgehead atoms. The standard InChI is InChI=1S/C9H7FN2O3/c1-15-9(14)7-4-2-6(10)11-3-5(4)12-8(7)13/h2-3,7H,1H3,(H,12,13)/t7-/m0/s1. The van der Waals surface area contributed by atoms with Crippen molar-refractivity contribution in [2.45, 2.75) is 5.92 Å². The normalized spacial score (nSPS) is 18.3. The number of nitrogens with one attached hydrogen (secondary N) is 1. The van der Waals surface area contributed by atoms with Gasteiger partial charge in [0.1, 0.15) is 0 Å². The molecule has 0 unspecified atom stereocenters. The third-order valence-electron chi connectivity index (χ3n) is 2.17. The molecule has 0 fully saturated rings. The van der Waals surface area contributed by atoms with Gasteiger partial charge in [-0.1, -0.05) is 0 Å². The van der Waals surface area contributed by atoms with Crippen molar-refractivity contribution in [2.24, 2.45) is 0 Å². The maximum absolute atomic E-state index is 12.8. The average molecular weight is 210 g/mol. The van der Waals surface area contributed by atoms with Crippen molar-refractivity contribution in [3.05, 3.63) is 23.8 Å². The number of amides is 1. The SMILES string of the molecule is COC(=O)[C@@H]1C(=O)Nc2cnc(F)cc21. The van der Waals surface area contributed by atoms with Crippen LogP contribution in [-0.4, -0.2) is 24.0 Å². The van der Waals surface area contributed by atoms with Crippen LogP contribution in [0, 0.1) is 5.95 Å². The third-order valence-corrected chi connectivity index (χ3v) is 2.17. The van der Waals surface area contributed by atoms with Crippen molar-refractivity contribution < 1.29 is 18.7 Å². The fraction of sp³-hybridized carbons (Fsp3) is 0.222. The molecular weight excluding hydrogens is 203 g/mol. The summed E-state index contributed by atoms with van der Waals surface area (Å²) in [6.07, 6.45) is 1.17. The number of esters is 1. The maximum atomic E-state index is 12.8. The first kappa shape index (κ1) is 9.57. The number of pyridine rings is 1. The van der Waals surface area contributed by atoms with Crippen LogP contribution >= 0.6 is 0 Å². The first-order valence-electron chi connectivity index (χ1n) is 4.17. The summed E-state index contributed by atoms with van der Waals surface area (Å²) in [4.78, 5) is 26.0. The molecule has 0 aromatic carbocycles. The lowest BCUT2D eigenvalue weighted by Crippen LogP contribution is -2.21. The Kier molecular flexibility index (Phi) is 2.11. The number of ether oxygens (including phenoxy) is 1. The average Bonchev–Trinajstić information content (AvgIpc) is 2.52. The van der Waals surface area contributed by atoms with Gasteiger partial charge in [-0.15, -0.1) is 0 Å². The van der Waals surface area contributed by atoms with E-state index in [0.29, 0.717) is 5.69 Å². The second kappa shape index (κ2) is 3.30. The van der Waals surface area contributed by atoms with Gasteiger partial charge in [0.25, 0.3) is 0 Å². The lowest BCUT2D eigenvalue weighted by atomic mass is 10.0. The number of carbonyl (C=O) groups excluding carboxylic acids is 2. The molecule has 1 N–H and O–H groups in total. The Labute approximate surface area is 84.3 Å². The van der Waals surface area contributed by atoms with Crippen LogP contribution in [0.1, 0.15) is 11.5 Å². The van der Waals surface area contributed by atoms with E-state index in [0.717, 1.165) is 6.07 Å². The highest BCUT2D eigenvalue weighted by Gasteiger charge is 2.37. The van der Waals surface area contributed by atoms with E-state index in [1.165, 1.54) is 13.3 Å². The number of nitrogens with zero attached hydrogens (tertiary/aromatic N) is 1. The number of methoxy groups -OCH3 is 1. The molecular formula is C9H7FN2O3. The maximum Gasteiger partial charge on any atom is 0.322 e. The molecule has 0 spiro atoms. The number of aromatic nitrogens is 1. The van der Waals surface area contributed by atoms with Crippen LogP contribution in [-0.2, 0) is 14.3 Å². The van der Waals surface area contributed by atoms with E-state index in [1.54, 1.807) is 0 Å². The molecule has 1 aromatic heterocycles. The molecule has 1 atom stereocenters. The molecule has 1 aliphatic heterocycles. The number of carbonyl (C=O) groups is 2. The first-order chi connectivity index (χ1) is 7.13. The lowest BCUT2D eigenvalue weighted by Gasteiger charge is -2.04. The highest BCUT2D eigenvalue weighted by Crippen LogP contribution is 2.32. The molecule has 5 nitrogen and oxygen atoms in total. The number of fused-ring (bicyclic) bond motifs is 1. The number of rotatable bonds is 1. The number of halogens is 1. The van der Waals surface area contributed by atoms with E-state index in [2.05, 4.69) is 15.0 Å². The molecule has 15 heavy (non-hydrogen) atoms. The van der Waals surface area contributed by atoms with Gasteiger partial charge in [0, 0.05) is 5.56 Å². The second-order valence-electron chi connectivity index (χ2n) is 3.04. The van der Waals surface area contributed by atoms with Crippen LogP contribution in [0.3, 0.4) is 0 Å². The van der Waals surface area contributed by atoms with Crippen molar-refractivity contribution in [3.8, 4) is 0 Å². The summed E-state index contributed by atoms with van der Waals surface area (Å²) >= 11 is 0. The summed E-state index contributed by atoms with van der Waals surface area (Å²) in [5, 5.41) is 2.42. The van der Waals surface area contributed by atoms with Gasteiger partial charge >= 0.3 is 5.97 Å². The van der Waals surface area contributed by atoms with Crippen molar-refractivity contribution >= 4 is 17.6 Å². The van der Waals surface area contributed by atoms with Crippen molar-refractivity contribution in [2.75, 3.05) is 12.4 Å². The fourth-order valence-electron chi connectivity index (χ4n) is 1.49. The van der Waals surface area contributed by atoms with Gasteiger partial charge in [-0.2, -0.15) is 4.39 Å². The van der Waals surface area contributed by atoms with E-state index >= 15 is 0 Å². The smallest absolute Gasteiger partial charge is 0.322 e. The predicted octanol–water partition coefficient (Wildman–Crippen LogP) is 0.429. The van der Waals surface area contributed by atoms with E-state index in [-0.39, 0.29) is 5.56 Å². The van der Waals surface area contributed by atoms with Gasteiger partial charge in [-0.3, -0.25) is 9.59 Å². The summed E-state index contributed by atoms with van der Waals surface area (Å²) in [6, 6.07) is 1.05. The topological polar surface area (TPSA) is 68.3 Å². The zero-order valence-corrected chi connectivity index (χ0v) is 7.78. The minimum Gasteiger partial charge on any atom is -0.468 e. The van der Waals surface area contributed by atoms with Crippen LogP contribution in [0.15, 0.2) is 12.3 Å². The molecule has 0 radical (unpaired) electrons. The Balaban J connectivity index is 2.48. The highest BCUT2D eigenvalue weighted by atomic mass is 19.1. The van der Waals surface area contributed by atoms with Gasteiger partial charge in [0.05, 0.1) is 19.0 Å². The fourth-order valence-corrected chi connectivity index (χ4v) is 1.49. The lowest BCUT2D eigenvalue weighted by molar-refractivity contribution is -0.144. The van der Waals surface area contributed by atoms with E-state index in [1.807, 2.05) is 0 Å². The van der Waals surface area contributed by atoms with Crippen LogP contribution in [0.25, 0.3) is 0 Å². The Hall–Kier alpha value is -1.98. The highest BCUT2D eigenvalue weighted by molar-refractivity contribution is 6.14. The summed E-state index contributed by atoms with van der Waals surface area (Å²) in [6.45, 7) is 0. The molecule has 0 aliphatic carbocycles. The molecule has 1 aliphatic rings. The van der Waals surface area contributed by atoms with E-state index in [4.69, 9.17) is 0 Å².